The van der Waals surface area contributed by atoms with Gasteiger partial charge < -0.3 is 24.4 Å². The fourth-order valence-electron chi connectivity index (χ4n) is 3.21. The molecule has 1 aromatic rings. The molecule has 2 fully saturated rings. The first-order valence-electron chi connectivity index (χ1n) is 9.81. The van der Waals surface area contributed by atoms with Crippen LogP contribution >= 0.6 is 0 Å². The van der Waals surface area contributed by atoms with Gasteiger partial charge in [0.15, 0.2) is 0 Å². The third kappa shape index (κ3) is 6.77. The Bertz CT molecular complexity index is 570. The van der Waals surface area contributed by atoms with Gasteiger partial charge in [-0.3, -0.25) is 9.69 Å². The van der Waals surface area contributed by atoms with Crippen molar-refractivity contribution in [3.05, 3.63) is 23.8 Å². The third-order valence-electron chi connectivity index (χ3n) is 4.49. The molecule has 2 heterocycles. The van der Waals surface area contributed by atoms with Crippen molar-refractivity contribution < 1.29 is 19.0 Å². The molecule has 2 aliphatic heterocycles. The molecule has 0 aromatic heterocycles. The van der Waals surface area contributed by atoms with Crippen molar-refractivity contribution >= 4 is 17.3 Å². The summed E-state index contributed by atoms with van der Waals surface area (Å²) in [5.74, 6) is 0.00406. The zero-order chi connectivity index (χ0) is 19.5. The van der Waals surface area contributed by atoms with Crippen LogP contribution in [-0.2, 0) is 25.6 Å². The molecular weight excluding hydrogens is 346 g/mol. The Hall–Kier alpha value is -1.67. The van der Waals surface area contributed by atoms with E-state index in [1.165, 1.54) is 0 Å². The second-order valence-corrected chi connectivity index (χ2v) is 6.31. The molecule has 0 radical (unpaired) electrons. The molecule has 7 heteroatoms. The fourth-order valence-corrected chi connectivity index (χ4v) is 3.21. The van der Waals surface area contributed by atoms with Gasteiger partial charge in [-0.15, -0.1) is 0 Å². The number of anilines is 2. The summed E-state index contributed by atoms with van der Waals surface area (Å²) in [6.07, 6.45) is 0. The van der Waals surface area contributed by atoms with Gasteiger partial charge >= 0.3 is 0 Å². The largest absolute Gasteiger partial charge is 0.380 e. The number of hydrogen-bond acceptors (Lipinski definition) is 6. The van der Waals surface area contributed by atoms with E-state index in [0.717, 1.165) is 56.3 Å². The van der Waals surface area contributed by atoms with Gasteiger partial charge in [0.05, 0.1) is 39.6 Å². The van der Waals surface area contributed by atoms with E-state index >= 15 is 0 Å². The second kappa shape index (κ2) is 11.9. The first-order valence-corrected chi connectivity index (χ1v) is 9.81. The molecule has 1 aromatic carbocycles. The van der Waals surface area contributed by atoms with Crippen molar-refractivity contribution in [3.63, 3.8) is 0 Å². The van der Waals surface area contributed by atoms with Crippen LogP contribution in [0.15, 0.2) is 18.2 Å². The van der Waals surface area contributed by atoms with Gasteiger partial charge in [-0.25, -0.2) is 0 Å². The molecule has 0 bridgehead atoms. The molecule has 3 rings (SSSR count). The molecule has 1 N–H and O–H groups in total. The van der Waals surface area contributed by atoms with E-state index in [9.17, 15) is 4.79 Å². The summed E-state index contributed by atoms with van der Waals surface area (Å²) in [4.78, 5) is 16.7. The summed E-state index contributed by atoms with van der Waals surface area (Å²) in [5.41, 5.74) is 3.03. The Labute approximate surface area is 162 Å². The lowest BCUT2D eigenvalue weighted by Gasteiger charge is -2.31. The van der Waals surface area contributed by atoms with E-state index in [-0.39, 0.29) is 5.91 Å². The van der Waals surface area contributed by atoms with Crippen LogP contribution in [0.3, 0.4) is 0 Å². The number of hydrogen-bond donors (Lipinski definition) is 1. The number of carbonyl (C=O) groups is 1. The third-order valence-corrected chi connectivity index (χ3v) is 4.49. The highest BCUT2D eigenvalue weighted by atomic mass is 16.5. The average Bonchev–Trinajstić information content (AvgIpc) is 2.71. The molecule has 0 atom stereocenters. The van der Waals surface area contributed by atoms with Gasteiger partial charge in [-0.2, -0.15) is 0 Å². The summed E-state index contributed by atoms with van der Waals surface area (Å²) >= 11 is 0. The summed E-state index contributed by atoms with van der Waals surface area (Å²) in [7, 11) is 1.69. The van der Waals surface area contributed by atoms with Crippen LogP contribution in [0, 0.1) is 0 Å². The number of carbonyl (C=O) groups excluding carboxylic acids is 1. The maximum atomic E-state index is 12.3. The van der Waals surface area contributed by atoms with E-state index in [2.05, 4.69) is 21.2 Å². The van der Waals surface area contributed by atoms with Crippen LogP contribution in [0.1, 0.15) is 19.4 Å². The van der Waals surface area contributed by atoms with E-state index in [1.807, 2.05) is 26.0 Å². The van der Waals surface area contributed by atoms with Crippen LogP contribution in [-0.4, -0.2) is 77.1 Å². The Kier molecular flexibility index (Phi) is 9.55. The fraction of sp³-hybridized carbons (Fsp3) is 0.650. The number of ether oxygens (including phenoxy) is 3. The zero-order valence-electron chi connectivity index (χ0n) is 16.8. The van der Waals surface area contributed by atoms with Crippen LogP contribution in [0.25, 0.3) is 0 Å². The molecule has 1 amide bonds. The Balaban J connectivity index is 0.00000126. The van der Waals surface area contributed by atoms with E-state index in [4.69, 9.17) is 14.2 Å². The molecule has 0 spiro atoms. The lowest BCUT2D eigenvalue weighted by atomic mass is 10.1. The molecule has 27 heavy (non-hydrogen) atoms. The van der Waals surface area contributed by atoms with Crippen LogP contribution in [0.4, 0.5) is 11.4 Å². The van der Waals surface area contributed by atoms with E-state index in [0.29, 0.717) is 26.4 Å². The minimum atomic E-state index is 0.00406. The number of amides is 1. The predicted octanol–water partition coefficient (Wildman–Crippen LogP) is 1.97. The number of nitrogens with zero attached hydrogens (tertiary/aromatic N) is 2. The first kappa shape index (κ1) is 21.6. The lowest BCUT2D eigenvalue weighted by molar-refractivity contribution is -0.118. The maximum absolute atomic E-state index is 12.3. The minimum Gasteiger partial charge on any atom is -0.380 e. The highest BCUT2D eigenvalue weighted by Gasteiger charge is 2.17. The van der Waals surface area contributed by atoms with Gasteiger partial charge in [-0.05, 0) is 18.2 Å². The topological polar surface area (TPSA) is 63.3 Å². The maximum Gasteiger partial charge on any atom is 0.238 e. The highest BCUT2D eigenvalue weighted by molar-refractivity contribution is 5.92. The first-order chi connectivity index (χ1) is 13.3. The molecule has 0 unspecified atom stereocenters. The van der Waals surface area contributed by atoms with E-state index in [1.54, 1.807) is 7.11 Å². The van der Waals surface area contributed by atoms with Crippen LogP contribution in [0.2, 0.25) is 0 Å². The van der Waals surface area contributed by atoms with Crippen molar-refractivity contribution in [2.45, 2.75) is 20.5 Å². The molecule has 0 saturated carbocycles. The number of morpholine rings is 2. The molecule has 2 saturated heterocycles. The quantitative estimate of drug-likeness (QED) is 0.815. The standard InChI is InChI=1S/C18H27N3O4.C2H6/c1-23-14-15-12-16(2-3-17(15)21-6-10-25-11-7-21)19-18(22)13-20-4-8-24-9-5-20;1-2/h2-3,12H,4-11,13-14H2,1H3,(H,19,22);1-2H3. The normalized spacial score (nSPS) is 17.8. The monoisotopic (exact) mass is 379 g/mol. The smallest absolute Gasteiger partial charge is 0.238 e. The van der Waals surface area contributed by atoms with Gasteiger partial charge in [0.2, 0.25) is 5.91 Å². The number of benzene rings is 1. The Morgan fingerprint density at radius 3 is 2.33 bits per heavy atom. The summed E-state index contributed by atoms with van der Waals surface area (Å²) in [5, 5.41) is 3.00. The predicted molar refractivity (Wildman–Crippen MR) is 107 cm³/mol. The molecular formula is C20H33N3O4. The number of rotatable bonds is 6. The number of nitrogens with one attached hydrogen (secondary N) is 1. The number of methoxy groups -OCH3 is 1. The molecule has 2 aliphatic rings. The Morgan fingerprint density at radius 1 is 1.07 bits per heavy atom. The second-order valence-electron chi connectivity index (χ2n) is 6.31. The lowest BCUT2D eigenvalue weighted by Crippen LogP contribution is -2.41. The van der Waals surface area contributed by atoms with Gasteiger partial charge in [0.25, 0.3) is 0 Å². The van der Waals surface area contributed by atoms with Crippen LogP contribution < -0.4 is 10.2 Å². The van der Waals surface area contributed by atoms with E-state index < -0.39 is 0 Å². The average molecular weight is 380 g/mol. The summed E-state index contributed by atoms with van der Waals surface area (Å²) in [6, 6.07) is 6.02. The van der Waals surface area contributed by atoms with Gasteiger partial charge in [0, 0.05) is 50.2 Å². The highest BCUT2D eigenvalue weighted by Crippen LogP contribution is 2.26. The van der Waals surface area contributed by atoms with Crippen molar-refractivity contribution in [1.82, 2.24) is 4.90 Å². The summed E-state index contributed by atoms with van der Waals surface area (Å²) < 4.78 is 16.1. The zero-order valence-corrected chi connectivity index (χ0v) is 16.8. The molecule has 152 valence electrons. The van der Waals surface area contributed by atoms with Crippen molar-refractivity contribution in [3.8, 4) is 0 Å². The Morgan fingerprint density at radius 2 is 1.70 bits per heavy atom. The van der Waals surface area contributed by atoms with Gasteiger partial charge in [-0.1, -0.05) is 13.8 Å². The van der Waals surface area contributed by atoms with Crippen LogP contribution in [0.5, 0.6) is 0 Å². The minimum absolute atomic E-state index is 0.00406. The van der Waals surface area contributed by atoms with Gasteiger partial charge in [0.1, 0.15) is 0 Å². The van der Waals surface area contributed by atoms with Crippen molar-refractivity contribution in [2.75, 3.05) is 76.5 Å². The van der Waals surface area contributed by atoms with Crippen molar-refractivity contribution in [2.24, 2.45) is 0 Å². The summed E-state index contributed by atoms with van der Waals surface area (Å²) in [6.45, 7) is 11.1. The molecule has 7 nitrogen and oxygen atoms in total. The SMILES string of the molecule is CC.COCc1cc(NC(=O)CN2CCOCC2)ccc1N1CCOCC1. The van der Waals surface area contributed by atoms with Crippen molar-refractivity contribution in [1.29, 1.82) is 0 Å². The molecule has 0 aliphatic carbocycles.